The van der Waals surface area contributed by atoms with E-state index in [1.807, 2.05) is 6.20 Å². The zero-order chi connectivity index (χ0) is 10.7. The van der Waals surface area contributed by atoms with Gasteiger partial charge in [-0.1, -0.05) is 26.2 Å². The van der Waals surface area contributed by atoms with Gasteiger partial charge in [0.05, 0.1) is 0 Å². The van der Waals surface area contributed by atoms with Gasteiger partial charge in [-0.2, -0.15) is 0 Å². The van der Waals surface area contributed by atoms with Gasteiger partial charge in [0.25, 0.3) is 0 Å². The Kier molecular flexibility index (Phi) is 3.10. The molecule has 0 unspecified atom stereocenters. The van der Waals surface area contributed by atoms with Crippen LogP contribution in [0.5, 0.6) is 0 Å². The first-order valence-corrected chi connectivity index (χ1v) is 5.78. The van der Waals surface area contributed by atoms with Gasteiger partial charge in [0.15, 0.2) is 0 Å². The predicted octanol–water partition coefficient (Wildman–Crippen LogP) is 2.78. The van der Waals surface area contributed by atoms with Gasteiger partial charge in [-0.3, -0.25) is 0 Å². The van der Waals surface area contributed by atoms with E-state index in [4.69, 9.17) is 4.74 Å². The molecule has 1 aliphatic carbocycles. The van der Waals surface area contributed by atoms with Crippen LogP contribution in [0.2, 0.25) is 0 Å². The molecular weight excluding hydrogens is 188 g/mol. The molecule has 0 spiro atoms. The summed E-state index contributed by atoms with van der Waals surface area (Å²) in [6.07, 6.45) is 8.61. The number of ether oxygens (including phenoxy) is 1. The molecule has 0 saturated heterocycles. The zero-order valence-corrected chi connectivity index (χ0v) is 9.68. The third-order valence-corrected chi connectivity index (χ3v) is 3.52. The lowest BCUT2D eigenvalue weighted by atomic mass is 9.74. The average Bonchev–Trinajstić information content (AvgIpc) is 2.69. The van der Waals surface area contributed by atoms with Crippen LogP contribution in [0.15, 0.2) is 6.20 Å². The van der Waals surface area contributed by atoms with Crippen molar-refractivity contribution >= 4 is 0 Å². The molecule has 84 valence electrons. The Hall–Kier alpha value is -0.830. The Bertz CT molecular complexity index is 313. The minimum Gasteiger partial charge on any atom is -0.377 e. The summed E-state index contributed by atoms with van der Waals surface area (Å²) in [6.45, 7) is 2.92. The van der Waals surface area contributed by atoms with Crippen LogP contribution in [0.3, 0.4) is 0 Å². The van der Waals surface area contributed by atoms with E-state index >= 15 is 0 Å². The van der Waals surface area contributed by atoms with Crippen molar-refractivity contribution in [2.45, 2.75) is 51.0 Å². The molecule has 1 aromatic rings. The van der Waals surface area contributed by atoms with Crippen LogP contribution >= 0.6 is 0 Å². The Balaban J connectivity index is 2.12. The number of nitrogens with one attached hydrogen (secondary N) is 1. The van der Waals surface area contributed by atoms with E-state index in [0.717, 1.165) is 5.82 Å². The largest absolute Gasteiger partial charge is 0.377 e. The van der Waals surface area contributed by atoms with Crippen molar-refractivity contribution in [3.05, 3.63) is 17.7 Å². The van der Waals surface area contributed by atoms with Crippen LogP contribution < -0.4 is 0 Å². The molecule has 1 heterocycles. The second-order valence-electron chi connectivity index (χ2n) is 4.80. The van der Waals surface area contributed by atoms with Gasteiger partial charge < -0.3 is 9.72 Å². The van der Waals surface area contributed by atoms with Crippen molar-refractivity contribution in [2.24, 2.45) is 0 Å². The van der Waals surface area contributed by atoms with Gasteiger partial charge in [0.2, 0.25) is 0 Å². The van der Waals surface area contributed by atoms with Gasteiger partial charge in [0, 0.05) is 24.4 Å². The molecule has 2 rings (SSSR count). The molecular formula is C12H20N2O. The smallest absolute Gasteiger partial charge is 0.132 e. The Morgan fingerprint density at radius 1 is 1.40 bits per heavy atom. The van der Waals surface area contributed by atoms with E-state index in [0.29, 0.717) is 12.0 Å². The quantitative estimate of drug-likeness (QED) is 0.829. The van der Waals surface area contributed by atoms with Crippen LogP contribution in [0.25, 0.3) is 0 Å². The van der Waals surface area contributed by atoms with E-state index in [2.05, 4.69) is 16.9 Å². The second-order valence-corrected chi connectivity index (χ2v) is 4.80. The third-order valence-electron chi connectivity index (χ3n) is 3.52. The van der Waals surface area contributed by atoms with Crippen LogP contribution in [0, 0.1) is 0 Å². The summed E-state index contributed by atoms with van der Waals surface area (Å²) in [5.74, 6) is 0.944. The van der Waals surface area contributed by atoms with E-state index in [9.17, 15) is 0 Å². The number of aromatic nitrogens is 2. The molecule has 3 heteroatoms. The summed E-state index contributed by atoms with van der Waals surface area (Å²) in [5.41, 5.74) is 1.60. The van der Waals surface area contributed by atoms with Gasteiger partial charge in [-0.05, 0) is 12.8 Å². The number of nitrogens with zero attached hydrogens (tertiary/aromatic N) is 1. The summed E-state index contributed by atoms with van der Waals surface area (Å²) in [5, 5.41) is 0. The van der Waals surface area contributed by atoms with Crippen molar-refractivity contribution in [3.8, 4) is 0 Å². The van der Waals surface area contributed by atoms with E-state index in [1.165, 1.54) is 37.8 Å². The van der Waals surface area contributed by atoms with Crippen molar-refractivity contribution in [1.82, 2.24) is 9.97 Å². The highest BCUT2D eigenvalue weighted by molar-refractivity contribution is 5.15. The van der Waals surface area contributed by atoms with Gasteiger partial charge >= 0.3 is 0 Å². The molecule has 3 nitrogen and oxygen atoms in total. The first kappa shape index (κ1) is 10.7. The monoisotopic (exact) mass is 208 g/mol. The number of hydrogen-bond donors (Lipinski definition) is 1. The van der Waals surface area contributed by atoms with Crippen LogP contribution in [-0.4, -0.2) is 17.1 Å². The highest BCUT2D eigenvalue weighted by Gasteiger charge is 2.30. The van der Waals surface area contributed by atoms with Crippen LogP contribution in [0.1, 0.15) is 50.5 Å². The molecule has 1 aromatic heterocycles. The molecule has 1 fully saturated rings. The molecule has 0 aromatic carbocycles. The van der Waals surface area contributed by atoms with Crippen LogP contribution in [-0.2, 0) is 16.8 Å². The molecule has 1 saturated carbocycles. The van der Waals surface area contributed by atoms with E-state index in [1.54, 1.807) is 7.11 Å². The lowest BCUT2D eigenvalue weighted by Crippen LogP contribution is -2.25. The van der Waals surface area contributed by atoms with Crippen molar-refractivity contribution < 1.29 is 4.74 Å². The summed E-state index contributed by atoms with van der Waals surface area (Å²) in [4.78, 5) is 7.73. The van der Waals surface area contributed by atoms with Gasteiger partial charge in [0.1, 0.15) is 12.4 Å². The molecule has 0 aliphatic heterocycles. The maximum absolute atomic E-state index is 5.07. The van der Waals surface area contributed by atoms with Gasteiger partial charge in [-0.25, -0.2) is 4.98 Å². The number of H-pyrrole nitrogens is 1. The Morgan fingerprint density at radius 2 is 2.13 bits per heavy atom. The Labute approximate surface area is 91.3 Å². The normalized spacial score (nSPS) is 20.4. The summed E-state index contributed by atoms with van der Waals surface area (Å²) in [6, 6.07) is 0. The maximum Gasteiger partial charge on any atom is 0.132 e. The fourth-order valence-electron chi connectivity index (χ4n) is 2.48. The fourth-order valence-corrected chi connectivity index (χ4v) is 2.48. The summed E-state index contributed by atoms with van der Waals surface area (Å²) in [7, 11) is 1.70. The topological polar surface area (TPSA) is 37.9 Å². The van der Waals surface area contributed by atoms with E-state index < -0.39 is 0 Å². The Morgan fingerprint density at radius 3 is 2.80 bits per heavy atom. The lowest BCUT2D eigenvalue weighted by Gasteiger charge is -2.32. The van der Waals surface area contributed by atoms with E-state index in [-0.39, 0.29) is 0 Å². The number of aromatic amines is 1. The van der Waals surface area contributed by atoms with Gasteiger partial charge in [-0.15, -0.1) is 0 Å². The lowest BCUT2D eigenvalue weighted by molar-refractivity contribution is 0.178. The molecule has 0 radical (unpaired) electrons. The average molecular weight is 208 g/mol. The number of hydrogen-bond acceptors (Lipinski definition) is 2. The second kappa shape index (κ2) is 4.35. The van der Waals surface area contributed by atoms with Crippen molar-refractivity contribution in [1.29, 1.82) is 0 Å². The summed E-state index contributed by atoms with van der Waals surface area (Å²) < 4.78 is 5.07. The molecule has 0 atom stereocenters. The predicted molar refractivity (Wildman–Crippen MR) is 59.7 cm³/mol. The molecule has 1 aliphatic rings. The minimum absolute atomic E-state index is 0.317. The number of methoxy groups -OCH3 is 1. The first-order chi connectivity index (χ1) is 7.24. The molecule has 0 amide bonds. The van der Waals surface area contributed by atoms with Crippen molar-refractivity contribution in [3.63, 3.8) is 0 Å². The SMILES string of the molecule is COCc1ncc(C2(C)CCCCC2)[nH]1. The third kappa shape index (κ3) is 2.23. The highest BCUT2D eigenvalue weighted by Crippen LogP contribution is 2.37. The number of imidazole rings is 1. The molecule has 0 bridgehead atoms. The fraction of sp³-hybridized carbons (Fsp3) is 0.750. The van der Waals surface area contributed by atoms with Crippen molar-refractivity contribution in [2.75, 3.05) is 7.11 Å². The number of rotatable bonds is 3. The minimum atomic E-state index is 0.317. The zero-order valence-electron chi connectivity index (χ0n) is 9.68. The maximum atomic E-state index is 5.07. The first-order valence-electron chi connectivity index (χ1n) is 5.78. The molecule has 1 N–H and O–H groups in total. The summed E-state index contributed by atoms with van der Waals surface area (Å²) >= 11 is 0. The standard InChI is InChI=1S/C12H20N2O/c1-12(6-4-3-5-7-12)10-8-13-11(14-10)9-15-2/h8H,3-7,9H2,1-2H3,(H,13,14). The highest BCUT2D eigenvalue weighted by atomic mass is 16.5. The van der Waals surface area contributed by atoms with Crippen LogP contribution in [0.4, 0.5) is 0 Å². The molecule has 15 heavy (non-hydrogen) atoms.